The summed E-state index contributed by atoms with van der Waals surface area (Å²) in [5, 5.41) is 4.99. The Labute approximate surface area is 312 Å². The molecule has 2 N–H and O–H groups in total. The van der Waals surface area contributed by atoms with E-state index >= 15 is 0 Å². The summed E-state index contributed by atoms with van der Waals surface area (Å²) in [6.45, 7) is -0.108. The second-order valence-electron chi connectivity index (χ2n) is 12.6. The third-order valence-corrected chi connectivity index (χ3v) is 10.3. The summed E-state index contributed by atoms with van der Waals surface area (Å²) in [5.74, 6) is -1.64. The van der Waals surface area contributed by atoms with Crippen molar-refractivity contribution in [1.82, 2.24) is 24.3 Å². The van der Waals surface area contributed by atoms with E-state index in [1.165, 1.54) is 52.8 Å². The maximum atomic E-state index is 14.8. The fourth-order valence-electron chi connectivity index (χ4n) is 6.40. The first-order chi connectivity index (χ1) is 25.7. The van der Waals surface area contributed by atoms with Crippen LogP contribution in [0.1, 0.15) is 23.0 Å². The van der Waals surface area contributed by atoms with E-state index in [0.717, 1.165) is 28.8 Å². The highest BCUT2D eigenvalue weighted by atomic mass is 35.5. The third-order valence-electron chi connectivity index (χ3n) is 8.88. The Hall–Kier alpha value is -5.77. The molecule has 4 aromatic carbocycles. The first-order valence-corrected chi connectivity index (χ1v) is 18.6. The highest BCUT2D eigenvalue weighted by molar-refractivity contribution is 7.92. The van der Waals surface area contributed by atoms with Crippen LogP contribution in [-0.2, 0) is 30.0 Å². The van der Waals surface area contributed by atoms with E-state index in [-0.39, 0.29) is 74.1 Å². The number of sulfonamides is 1. The van der Waals surface area contributed by atoms with Gasteiger partial charge < -0.3 is 10.5 Å². The molecule has 0 aliphatic rings. The second-order valence-corrected chi connectivity index (χ2v) is 14.9. The molecule has 0 aliphatic carbocycles. The fourth-order valence-corrected chi connectivity index (χ4v) is 7.46. The minimum atomic E-state index is -3.96. The number of hydrogen-bond donors (Lipinski definition) is 1. The lowest BCUT2D eigenvalue weighted by molar-refractivity contribution is 0.414. The van der Waals surface area contributed by atoms with Crippen LogP contribution in [0.2, 0.25) is 5.02 Å². The van der Waals surface area contributed by atoms with Gasteiger partial charge in [-0.05, 0) is 78.2 Å². The second kappa shape index (κ2) is 14.2. The lowest BCUT2D eigenvalue weighted by Gasteiger charge is -2.21. The van der Waals surface area contributed by atoms with E-state index in [0.29, 0.717) is 11.3 Å². The van der Waals surface area contributed by atoms with Crippen LogP contribution in [0.4, 0.5) is 19.0 Å². The Kier molecular flexibility index (Phi) is 9.64. The van der Waals surface area contributed by atoms with Crippen LogP contribution in [0, 0.1) is 17.5 Å². The molecular weight excluding hydrogens is 743 g/mol. The van der Waals surface area contributed by atoms with Gasteiger partial charge in [-0.2, -0.15) is 5.10 Å². The minimum Gasteiger partial charge on any atom is -0.497 e. The van der Waals surface area contributed by atoms with E-state index in [2.05, 4.69) is 10.1 Å². The lowest BCUT2D eigenvalue weighted by Crippen LogP contribution is -2.30. The predicted molar refractivity (Wildman–Crippen MR) is 201 cm³/mol. The van der Waals surface area contributed by atoms with Gasteiger partial charge in [-0.25, -0.2) is 35.9 Å². The highest BCUT2D eigenvalue weighted by Gasteiger charge is 2.29. The van der Waals surface area contributed by atoms with Crippen LogP contribution in [0.5, 0.6) is 5.75 Å². The smallest absolute Gasteiger partial charge is 0.267 e. The zero-order chi connectivity index (χ0) is 38.5. The van der Waals surface area contributed by atoms with E-state index in [9.17, 15) is 26.4 Å². The summed E-state index contributed by atoms with van der Waals surface area (Å²) in [6.07, 6.45) is 0.887. The molecule has 3 aromatic heterocycles. The molecule has 0 radical (unpaired) electrons. The van der Waals surface area contributed by atoms with Crippen LogP contribution in [0.15, 0.2) is 95.8 Å². The number of nitrogens with two attached hydrogens (primary N) is 1. The molecule has 276 valence electrons. The molecule has 11 nitrogen and oxygen atoms in total. The Morgan fingerprint density at radius 1 is 0.926 bits per heavy atom. The maximum absolute atomic E-state index is 14.8. The summed E-state index contributed by atoms with van der Waals surface area (Å²) in [4.78, 5) is 23.9. The van der Waals surface area contributed by atoms with Crippen molar-refractivity contribution in [3.8, 4) is 22.7 Å². The molecule has 3 heterocycles. The van der Waals surface area contributed by atoms with Crippen LogP contribution in [-0.4, -0.2) is 46.1 Å². The van der Waals surface area contributed by atoms with Crippen LogP contribution in [0.3, 0.4) is 0 Å². The number of anilines is 1. The molecule has 0 unspecified atom stereocenters. The number of aryl methyl sites for hydroxylation is 1. The number of hydrogen-bond acceptors (Lipinski definition) is 8. The topological polar surface area (TPSA) is 138 Å². The monoisotopic (exact) mass is 773 g/mol. The zero-order valence-corrected chi connectivity index (χ0v) is 30.5. The standard InChI is InChI=1S/C38H31ClF3N7O4S/c1-47-34-32(15-13-28(39)33(34)37(46-47)48(54(3,51)52)20-21-8-10-25(53-2)11-9-21)49-36(30(43)18-22-16-23(40)19-24(41)17-22)45-35-27(38(49)50)12-14-31(44-35)26-6-4-5-7-29(26)42/h4-17,19,30H,18,20,43H2,1-3H3/t30-/m0/s1. The Bertz CT molecular complexity index is 2740. The molecule has 7 rings (SSSR count). The SMILES string of the molecule is COc1ccc(CN(c2nn(C)c3c(-n4c([C@@H](N)Cc5cc(F)cc(F)c5)nc5nc(-c6ccccc6F)ccc5c4=O)ccc(Cl)c23)S(C)(=O)=O)cc1. The maximum Gasteiger partial charge on any atom is 0.267 e. The summed E-state index contributed by atoms with van der Waals surface area (Å²) in [5.41, 5.74) is 7.70. The summed E-state index contributed by atoms with van der Waals surface area (Å²) in [7, 11) is -0.877. The highest BCUT2D eigenvalue weighted by Crippen LogP contribution is 2.38. The van der Waals surface area contributed by atoms with Crippen LogP contribution < -0.4 is 20.3 Å². The van der Waals surface area contributed by atoms with Crippen molar-refractivity contribution in [1.29, 1.82) is 0 Å². The number of pyridine rings is 1. The van der Waals surface area contributed by atoms with Crippen molar-refractivity contribution in [3.63, 3.8) is 0 Å². The molecule has 1 atom stereocenters. The number of methoxy groups -OCH3 is 1. The van der Waals surface area contributed by atoms with E-state index in [1.54, 1.807) is 43.4 Å². The normalized spacial score (nSPS) is 12.4. The van der Waals surface area contributed by atoms with Crippen molar-refractivity contribution in [3.05, 3.63) is 141 Å². The third kappa shape index (κ3) is 6.88. The van der Waals surface area contributed by atoms with Gasteiger partial charge in [0.05, 0.1) is 58.6 Å². The van der Waals surface area contributed by atoms with Crippen LogP contribution >= 0.6 is 11.6 Å². The Morgan fingerprint density at radius 3 is 2.30 bits per heavy atom. The molecule has 7 aromatic rings. The molecule has 0 aliphatic heterocycles. The van der Waals surface area contributed by atoms with Crippen molar-refractivity contribution in [2.24, 2.45) is 12.8 Å². The van der Waals surface area contributed by atoms with Gasteiger partial charge in [0.1, 0.15) is 29.0 Å². The molecule has 0 saturated heterocycles. The van der Waals surface area contributed by atoms with Crippen molar-refractivity contribution < 1.29 is 26.3 Å². The summed E-state index contributed by atoms with van der Waals surface area (Å²) in [6, 6.07) is 20.7. The number of ether oxygens (including phenoxy) is 1. The number of aromatic nitrogens is 5. The van der Waals surface area contributed by atoms with Crippen molar-refractivity contribution in [2.75, 3.05) is 17.7 Å². The molecule has 0 saturated carbocycles. The van der Waals surface area contributed by atoms with Gasteiger partial charge in [0, 0.05) is 18.7 Å². The number of fused-ring (bicyclic) bond motifs is 2. The largest absolute Gasteiger partial charge is 0.497 e. The first kappa shape index (κ1) is 36.6. The van der Waals surface area contributed by atoms with E-state index in [1.807, 2.05) is 0 Å². The Morgan fingerprint density at radius 2 is 1.63 bits per heavy atom. The molecule has 0 spiro atoms. The fraction of sp³-hybridized carbons (Fsp3) is 0.158. The molecule has 0 bridgehead atoms. The van der Waals surface area contributed by atoms with Gasteiger partial charge in [0.2, 0.25) is 10.0 Å². The van der Waals surface area contributed by atoms with Crippen molar-refractivity contribution in [2.45, 2.75) is 19.0 Å². The molecule has 0 fully saturated rings. The van der Waals surface area contributed by atoms with Gasteiger partial charge in [-0.15, -0.1) is 0 Å². The predicted octanol–water partition coefficient (Wildman–Crippen LogP) is 6.62. The average Bonchev–Trinajstić information content (AvgIpc) is 3.47. The van der Waals surface area contributed by atoms with Crippen LogP contribution in [0.25, 0.3) is 38.9 Å². The zero-order valence-electron chi connectivity index (χ0n) is 29.0. The van der Waals surface area contributed by atoms with Crippen molar-refractivity contribution >= 4 is 49.4 Å². The first-order valence-electron chi connectivity index (χ1n) is 16.4. The average molecular weight is 774 g/mol. The van der Waals surface area contributed by atoms with E-state index < -0.39 is 39.1 Å². The number of halogens is 4. The summed E-state index contributed by atoms with van der Waals surface area (Å²) >= 11 is 6.80. The van der Waals surface area contributed by atoms with Gasteiger partial charge in [-0.1, -0.05) is 35.9 Å². The number of rotatable bonds is 10. The van der Waals surface area contributed by atoms with Gasteiger partial charge in [0.15, 0.2) is 11.5 Å². The number of nitrogens with zero attached hydrogens (tertiary/aromatic N) is 6. The lowest BCUT2D eigenvalue weighted by atomic mass is 10.0. The molecule has 54 heavy (non-hydrogen) atoms. The molecule has 16 heteroatoms. The van der Waals surface area contributed by atoms with Gasteiger partial charge in [0.25, 0.3) is 5.56 Å². The Balaban J connectivity index is 1.46. The summed E-state index contributed by atoms with van der Waals surface area (Å²) < 4.78 is 78.9. The minimum absolute atomic E-state index is 0.00301. The van der Waals surface area contributed by atoms with Gasteiger partial charge >= 0.3 is 0 Å². The molecule has 0 amide bonds. The van der Waals surface area contributed by atoms with E-state index in [4.69, 9.17) is 27.1 Å². The van der Waals surface area contributed by atoms with Gasteiger partial charge in [-0.3, -0.25) is 14.0 Å². The number of benzene rings is 4. The quantitative estimate of drug-likeness (QED) is 0.164. The molecular formula is C38H31ClF3N7O4S.